The summed E-state index contributed by atoms with van der Waals surface area (Å²) in [6.07, 6.45) is -1.64. The molecular formula is C17H20F3N3O3. The highest BCUT2D eigenvalue weighted by Gasteiger charge is 2.55. The second-order valence-electron chi connectivity index (χ2n) is 7.38. The van der Waals surface area contributed by atoms with Crippen LogP contribution in [-0.4, -0.2) is 47.3 Å². The van der Waals surface area contributed by atoms with Crippen molar-refractivity contribution in [2.75, 3.05) is 31.2 Å². The third-order valence-corrected chi connectivity index (χ3v) is 5.81. The lowest BCUT2D eigenvalue weighted by Gasteiger charge is -2.33. The van der Waals surface area contributed by atoms with Gasteiger partial charge >= 0.3 is 12.1 Å². The van der Waals surface area contributed by atoms with E-state index >= 15 is 0 Å². The topological polar surface area (TPSA) is 75.6 Å². The van der Waals surface area contributed by atoms with Crippen molar-refractivity contribution < 1.29 is 27.8 Å². The molecule has 0 amide bonds. The molecule has 6 nitrogen and oxygen atoms in total. The lowest BCUT2D eigenvalue weighted by Crippen LogP contribution is -2.46. The van der Waals surface area contributed by atoms with Gasteiger partial charge in [0.1, 0.15) is 5.41 Å². The largest absolute Gasteiger partial charge is 0.481 e. The Hall–Kier alpha value is -1.90. The number of carboxylic acids is 1. The summed E-state index contributed by atoms with van der Waals surface area (Å²) in [4.78, 5) is 21.7. The normalized spacial score (nSPS) is 28.6. The van der Waals surface area contributed by atoms with Gasteiger partial charge in [0, 0.05) is 31.0 Å². The van der Waals surface area contributed by atoms with Crippen LogP contribution in [0.15, 0.2) is 0 Å². The molecule has 2 fully saturated rings. The van der Waals surface area contributed by atoms with Gasteiger partial charge in [0.25, 0.3) is 0 Å². The maximum Gasteiger partial charge on any atom is 0.433 e. The van der Waals surface area contributed by atoms with Gasteiger partial charge in [-0.25, -0.2) is 9.97 Å². The second kappa shape index (κ2) is 6.07. The van der Waals surface area contributed by atoms with Crippen molar-refractivity contribution in [1.29, 1.82) is 0 Å². The number of halogens is 3. The van der Waals surface area contributed by atoms with Gasteiger partial charge in [-0.2, -0.15) is 13.2 Å². The lowest BCUT2D eigenvalue weighted by molar-refractivity contribution is -0.159. The molecule has 26 heavy (non-hydrogen) atoms. The van der Waals surface area contributed by atoms with E-state index in [1.165, 1.54) is 0 Å². The SMILES string of the molecule is O=C(O)[C@]12COCC[C@H]1CN(c1nc3c(c(C(F)(F)F)n1)CCCC3)C2. The summed E-state index contributed by atoms with van der Waals surface area (Å²) in [6.45, 7) is 0.946. The Morgan fingerprint density at radius 1 is 1.27 bits per heavy atom. The third-order valence-electron chi connectivity index (χ3n) is 5.81. The molecule has 2 aliphatic heterocycles. The number of carbonyl (C=O) groups is 1. The average Bonchev–Trinajstić information content (AvgIpc) is 3.01. The summed E-state index contributed by atoms with van der Waals surface area (Å²) in [7, 11) is 0. The smallest absolute Gasteiger partial charge is 0.433 e. The number of aromatic nitrogens is 2. The van der Waals surface area contributed by atoms with Gasteiger partial charge < -0.3 is 14.7 Å². The fourth-order valence-corrected chi connectivity index (χ4v) is 4.40. The van der Waals surface area contributed by atoms with Crippen molar-refractivity contribution in [3.05, 3.63) is 17.0 Å². The second-order valence-corrected chi connectivity index (χ2v) is 7.38. The summed E-state index contributed by atoms with van der Waals surface area (Å²) in [6, 6.07) is 0. The van der Waals surface area contributed by atoms with Gasteiger partial charge in [0.15, 0.2) is 5.69 Å². The predicted octanol–water partition coefficient (Wildman–Crippen LogP) is 2.30. The van der Waals surface area contributed by atoms with Crippen LogP contribution in [0.2, 0.25) is 0 Å². The van der Waals surface area contributed by atoms with Crippen LogP contribution in [0.5, 0.6) is 0 Å². The molecule has 0 radical (unpaired) electrons. The number of alkyl halides is 3. The first-order chi connectivity index (χ1) is 12.3. The molecule has 1 aromatic heterocycles. The zero-order valence-corrected chi connectivity index (χ0v) is 14.2. The van der Waals surface area contributed by atoms with E-state index in [0.717, 1.165) is 6.42 Å². The molecule has 142 valence electrons. The molecule has 9 heteroatoms. The van der Waals surface area contributed by atoms with Crippen LogP contribution in [0.25, 0.3) is 0 Å². The number of nitrogens with zero attached hydrogens (tertiary/aromatic N) is 3. The molecule has 1 N–H and O–H groups in total. The van der Waals surface area contributed by atoms with Crippen LogP contribution in [0, 0.1) is 11.3 Å². The van der Waals surface area contributed by atoms with E-state index in [2.05, 4.69) is 9.97 Å². The van der Waals surface area contributed by atoms with E-state index in [0.29, 0.717) is 44.5 Å². The van der Waals surface area contributed by atoms with Crippen molar-refractivity contribution in [3.8, 4) is 0 Å². The van der Waals surface area contributed by atoms with Crippen molar-refractivity contribution in [1.82, 2.24) is 9.97 Å². The minimum Gasteiger partial charge on any atom is -0.481 e. The number of carboxylic acid groups (broad SMARTS) is 1. The van der Waals surface area contributed by atoms with Crippen molar-refractivity contribution in [2.45, 2.75) is 38.3 Å². The number of hydrogen-bond acceptors (Lipinski definition) is 5. The lowest BCUT2D eigenvalue weighted by atomic mass is 9.76. The molecule has 2 atom stereocenters. The van der Waals surface area contributed by atoms with Gasteiger partial charge in [-0.3, -0.25) is 4.79 Å². The Morgan fingerprint density at radius 2 is 2.04 bits per heavy atom. The summed E-state index contributed by atoms with van der Waals surface area (Å²) in [5, 5.41) is 9.71. The molecule has 3 aliphatic rings. The van der Waals surface area contributed by atoms with Crippen molar-refractivity contribution in [2.24, 2.45) is 11.3 Å². The summed E-state index contributed by atoms with van der Waals surface area (Å²) in [5.41, 5.74) is -1.33. The molecule has 0 bridgehead atoms. The molecule has 1 aromatic rings. The van der Waals surface area contributed by atoms with Crippen LogP contribution in [0.1, 0.15) is 36.2 Å². The number of rotatable bonds is 2. The first kappa shape index (κ1) is 17.5. The molecule has 3 heterocycles. The van der Waals surface area contributed by atoms with Crippen LogP contribution < -0.4 is 4.90 Å². The molecule has 0 unspecified atom stereocenters. The van der Waals surface area contributed by atoms with Crippen LogP contribution >= 0.6 is 0 Å². The molecule has 0 saturated carbocycles. The summed E-state index contributed by atoms with van der Waals surface area (Å²) < 4.78 is 45.9. The Labute approximate surface area is 148 Å². The van der Waals surface area contributed by atoms with E-state index in [-0.39, 0.29) is 30.6 Å². The summed E-state index contributed by atoms with van der Waals surface area (Å²) in [5.74, 6) is -1.16. The number of hydrogen-bond donors (Lipinski definition) is 1. The summed E-state index contributed by atoms with van der Waals surface area (Å²) >= 11 is 0. The fraction of sp³-hybridized carbons (Fsp3) is 0.706. The first-order valence-electron chi connectivity index (χ1n) is 8.84. The first-order valence-corrected chi connectivity index (χ1v) is 8.84. The molecule has 0 aromatic carbocycles. The van der Waals surface area contributed by atoms with Gasteiger partial charge in [0.2, 0.25) is 5.95 Å². The number of fused-ring (bicyclic) bond motifs is 2. The zero-order valence-electron chi connectivity index (χ0n) is 14.2. The van der Waals surface area contributed by atoms with Crippen LogP contribution in [0.4, 0.5) is 19.1 Å². The Morgan fingerprint density at radius 3 is 2.73 bits per heavy atom. The van der Waals surface area contributed by atoms with Crippen LogP contribution in [-0.2, 0) is 28.5 Å². The maximum absolute atomic E-state index is 13.5. The third kappa shape index (κ3) is 2.72. The van der Waals surface area contributed by atoms with Gasteiger partial charge in [-0.15, -0.1) is 0 Å². The minimum absolute atomic E-state index is 0.00648. The number of ether oxygens (including phenoxy) is 1. The number of aryl methyl sites for hydroxylation is 1. The standard InChI is InChI=1S/C17H20F3N3O3/c18-17(19,20)13-11-3-1-2-4-12(11)21-15(22-13)23-7-10-5-6-26-9-16(10,8-23)14(24)25/h10H,1-9H2,(H,24,25)/t10-,16+/m0/s1. The van der Waals surface area contributed by atoms with E-state index < -0.39 is 23.3 Å². The minimum atomic E-state index is -4.54. The molecule has 1 aliphatic carbocycles. The Kier molecular flexibility index (Phi) is 4.09. The van der Waals surface area contributed by atoms with E-state index in [9.17, 15) is 23.1 Å². The zero-order chi connectivity index (χ0) is 18.5. The van der Waals surface area contributed by atoms with E-state index in [1.54, 1.807) is 4.90 Å². The van der Waals surface area contributed by atoms with Gasteiger partial charge in [-0.1, -0.05) is 0 Å². The van der Waals surface area contributed by atoms with Gasteiger partial charge in [-0.05, 0) is 38.0 Å². The average molecular weight is 371 g/mol. The maximum atomic E-state index is 13.5. The Bertz CT molecular complexity index is 740. The van der Waals surface area contributed by atoms with Gasteiger partial charge in [0.05, 0.1) is 6.61 Å². The predicted molar refractivity (Wildman–Crippen MR) is 84.9 cm³/mol. The fourth-order valence-electron chi connectivity index (χ4n) is 4.40. The van der Waals surface area contributed by atoms with E-state index in [1.807, 2.05) is 0 Å². The van der Waals surface area contributed by atoms with Crippen LogP contribution in [0.3, 0.4) is 0 Å². The molecular weight excluding hydrogens is 351 g/mol. The number of aliphatic carboxylic acids is 1. The number of anilines is 1. The monoisotopic (exact) mass is 371 g/mol. The van der Waals surface area contributed by atoms with Crippen molar-refractivity contribution >= 4 is 11.9 Å². The Balaban J connectivity index is 1.73. The molecule has 2 saturated heterocycles. The molecule has 0 spiro atoms. The molecule has 4 rings (SSSR count). The highest BCUT2D eigenvalue weighted by Crippen LogP contribution is 2.43. The van der Waals surface area contributed by atoms with Crippen molar-refractivity contribution in [3.63, 3.8) is 0 Å². The quantitative estimate of drug-likeness (QED) is 0.860. The van der Waals surface area contributed by atoms with E-state index in [4.69, 9.17) is 4.74 Å². The highest BCUT2D eigenvalue weighted by molar-refractivity contribution is 5.77. The highest BCUT2D eigenvalue weighted by atomic mass is 19.4.